The molecule has 0 fully saturated rings. The van der Waals surface area contributed by atoms with Gasteiger partial charge in [0, 0.05) is 16.7 Å². The van der Waals surface area contributed by atoms with Gasteiger partial charge in [0.2, 0.25) is 0 Å². The highest BCUT2D eigenvalue weighted by Gasteiger charge is 2.07. The lowest BCUT2D eigenvalue weighted by Crippen LogP contribution is -2.16. The molecule has 0 unspecified atom stereocenters. The lowest BCUT2D eigenvalue weighted by Gasteiger charge is -2.04. The van der Waals surface area contributed by atoms with E-state index in [0.29, 0.717) is 5.57 Å². The van der Waals surface area contributed by atoms with Gasteiger partial charge >= 0.3 is 5.97 Å². The molecule has 1 aromatic carbocycles. The van der Waals surface area contributed by atoms with Crippen molar-refractivity contribution in [1.29, 1.82) is 0 Å². The molecule has 0 aliphatic carbocycles. The van der Waals surface area contributed by atoms with Crippen molar-refractivity contribution >= 4 is 14.0 Å². The Hall–Kier alpha value is -2.23. The summed E-state index contributed by atoms with van der Waals surface area (Å²) in [4.78, 5) is 11.2. The molecular formula is C18H20O2Si. The second kappa shape index (κ2) is 7.52. The zero-order valence-electron chi connectivity index (χ0n) is 13.0. The van der Waals surface area contributed by atoms with Gasteiger partial charge in [0.05, 0.1) is 0 Å². The number of rotatable bonds is 2. The zero-order chi connectivity index (χ0) is 15.9. The Morgan fingerprint density at radius 2 is 1.76 bits per heavy atom. The van der Waals surface area contributed by atoms with Gasteiger partial charge in [-0.1, -0.05) is 56.1 Å². The standard InChI is InChI=1S/C18H20O2Si/c1-15(2)18(19)20-13-8-11-16-9-6-7-10-17(16)12-14-21(3,4)5/h6-7,9-10H,1,13H2,2-5H3. The fourth-order valence-electron chi connectivity index (χ4n) is 1.31. The molecule has 0 saturated heterocycles. The van der Waals surface area contributed by atoms with Crippen LogP contribution in [0.4, 0.5) is 0 Å². The van der Waals surface area contributed by atoms with Crippen molar-refractivity contribution in [3.63, 3.8) is 0 Å². The molecule has 0 spiro atoms. The van der Waals surface area contributed by atoms with Crippen molar-refractivity contribution in [1.82, 2.24) is 0 Å². The van der Waals surface area contributed by atoms with Gasteiger partial charge in [0.25, 0.3) is 0 Å². The summed E-state index contributed by atoms with van der Waals surface area (Å²) < 4.78 is 4.94. The molecule has 2 nitrogen and oxygen atoms in total. The van der Waals surface area contributed by atoms with E-state index in [1.807, 2.05) is 24.3 Å². The average Bonchev–Trinajstić information content (AvgIpc) is 2.41. The van der Waals surface area contributed by atoms with E-state index < -0.39 is 14.0 Å². The second-order valence-electron chi connectivity index (χ2n) is 5.70. The van der Waals surface area contributed by atoms with Crippen LogP contribution >= 0.6 is 0 Å². The third kappa shape index (κ3) is 6.65. The summed E-state index contributed by atoms with van der Waals surface area (Å²) in [6, 6.07) is 7.74. The summed E-state index contributed by atoms with van der Waals surface area (Å²) >= 11 is 0. The Balaban J connectivity index is 2.83. The van der Waals surface area contributed by atoms with Gasteiger partial charge in [-0.25, -0.2) is 4.79 Å². The predicted octanol–water partition coefficient (Wildman–Crippen LogP) is 3.39. The molecule has 0 atom stereocenters. The summed E-state index contributed by atoms with van der Waals surface area (Å²) in [7, 11) is -1.42. The molecule has 1 aromatic rings. The zero-order valence-corrected chi connectivity index (χ0v) is 14.0. The molecule has 0 amide bonds. The quantitative estimate of drug-likeness (QED) is 0.362. The summed E-state index contributed by atoms with van der Waals surface area (Å²) in [5.74, 6) is 8.62. The molecule has 0 N–H and O–H groups in total. The molecular weight excluding hydrogens is 276 g/mol. The van der Waals surface area contributed by atoms with Gasteiger partial charge in [-0.05, 0) is 19.1 Å². The molecule has 21 heavy (non-hydrogen) atoms. The normalized spacial score (nSPS) is 9.71. The first-order chi connectivity index (χ1) is 9.79. The number of hydrogen-bond donors (Lipinski definition) is 0. The Morgan fingerprint density at radius 1 is 1.19 bits per heavy atom. The molecule has 3 heteroatoms. The summed E-state index contributed by atoms with van der Waals surface area (Å²) in [6.45, 7) is 11.8. The maximum Gasteiger partial charge on any atom is 0.334 e. The molecule has 0 aromatic heterocycles. The van der Waals surface area contributed by atoms with E-state index in [1.165, 1.54) is 0 Å². The summed E-state index contributed by atoms with van der Waals surface area (Å²) in [5, 5.41) is 0. The fraction of sp³-hybridized carbons (Fsp3) is 0.278. The monoisotopic (exact) mass is 296 g/mol. The van der Waals surface area contributed by atoms with Crippen molar-refractivity contribution in [3.05, 3.63) is 47.5 Å². The van der Waals surface area contributed by atoms with Crippen molar-refractivity contribution in [2.45, 2.75) is 26.6 Å². The van der Waals surface area contributed by atoms with Crippen LogP contribution < -0.4 is 0 Å². The van der Waals surface area contributed by atoms with E-state index in [-0.39, 0.29) is 6.61 Å². The van der Waals surface area contributed by atoms with Crippen LogP contribution in [0, 0.1) is 23.3 Å². The molecule has 0 bridgehead atoms. The van der Waals surface area contributed by atoms with Gasteiger partial charge in [-0.3, -0.25) is 0 Å². The van der Waals surface area contributed by atoms with Gasteiger partial charge < -0.3 is 4.74 Å². The smallest absolute Gasteiger partial charge is 0.334 e. The average molecular weight is 296 g/mol. The Morgan fingerprint density at radius 3 is 2.29 bits per heavy atom. The van der Waals surface area contributed by atoms with E-state index in [0.717, 1.165) is 11.1 Å². The lowest BCUT2D eigenvalue weighted by atomic mass is 10.1. The highest BCUT2D eigenvalue weighted by atomic mass is 28.3. The number of benzene rings is 1. The molecule has 1 rings (SSSR count). The molecule has 0 aliphatic heterocycles. The van der Waals surface area contributed by atoms with Crippen molar-refractivity contribution in [2.75, 3.05) is 6.61 Å². The number of esters is 1. The van der Waals surface area contributed by atoms with Crippen molar-refractivity contribution in [2.24, 2.45) is 0 Å². The van der Waals surface area contributed by atoms with Crippen molar-refractivity contribution < 1.29 is 9.53 Å². The molecule has 0 saturated carbocycles. The molecule has 0 aliphatic rings. The first-order valence-electron chi connectivity index (χ1n) is 6.73. The highest BCUT2D eigenvalue weighted by molar-refractivity contribution is 6.83. The SMILES string of the molecule is C=C(C)C(=O)OCC#Cc1ccccc1C#C[Si](C)(C)C. The van der Waals surface area contributed by atoms with Crippen LogP contribution in [0.5, 0.6) is 0 Å². The minimum atomic E-state index is -1.42. The topological polar surface area (TPSA) is 26.3 Å². The first-order valence-corrected chi connectivity index (χ1v) is 10.2. The second-order valence-corrected chi connectivity index (χ2v) is 10.5. The third-order valence-corrected chi connectivity index (χ3v) is 3.22. The van der Waals surface area contributed by atoms with Gasteiger partial charge in [0.15, 0.2) is 6.61 Å². The molecule has 108 valence electrons. The first kappa shape index (κ1) is 16.8. The lowest BCUT2D eigenvalue weighted by molar-refractivity contribution is -0.137. The fourth-order valence-corrected chi connectivity index (χ4v) is 1.82. The summed E-state index contributed by atoms with van der Waals surface area (Å²) in [5.41, 5.74) is 5.47. The van der Waals surface area contributed by atoms with Crippen molar-refractivity contribution in [3.8, 4) is 23.3 Å². The van der Waals surface area contributed by atoms with Crippen LogP contribution in [-0.4, -0.2) is 20.7 Å². The molecule has 0 radical (unpaired) electrons. The van der Waals surface area contributed by atoms with Crippen LogP contribution in [0.3, 0.4) is 0 Å². The molecule has 0 heterocycles. The minimum Gasteiger partial charge on any atom is -0.449 e. The maximum atomic E-state index is 11.2. The van der Waals surface area contributed by atoms with Gasteiger partial charge in [0.1, 0.15) is 8.07 Å². The van der Waals surface area contributed by atoms with E-state index in [2.05, 4.69) is 49.5 Å². The number of hydrogen-bond acceptors (Lipinski definition) is 2. The van der Waals surface area contributed by atoms with E-state index in [4.69, 9.17) is 4.74 Å². The third-order valence-electron chi connectivity index (χ3n) is 2.35. The van der Waals surface area contributed by atoms with Crippen LogP contribution in [0.2, 0.25) is 19.6 Å². The van der Waals surface area contributed by atoms with E-state index >= 15 is 0 Å². The highest BCUT2D eigenvalue weighted by Crippen LogP contribution is 2.07. The number of ether oxygens (including phenoxy) is 1. The maximum absolute atomic E-state index is 11.2. The van der Waals surface area contributed by atoms with Gasteiger partial charge in [-0.15, -0.1) is 5.54 Å². The van der Waals surface area contributed by atoms with Crippen LogP contribution in [0.1, 0.15) is 18.1 Å². The Bertz CT molecular complexity index is 658. The number of carbonyl (C=O) groups excluding carboxylic acids is 1. The Labute approximate surface area is 128 Å². The number of carbonyl (C=O) groups is 1. The van der Waals surface area contributed by atoms with Crippen LogP contribution in [-0.2, 0) is 9.53 Å². The van der Waals surface area contributed by atoms with E-state index in [9.17, 15) is 4.79 Å². The van der Waals surface area contributed by atoms with Crippen LogP contribution in [0.15, 0.2) is 36.4 Å². The summed E-state index contributed by atoms with van der Waals surface area (Å²) in [6.07, 6.45) is 0. The Kier molecular flexibility index (Phi) is 6.03. The van der Waals surface area contributed by atoms with Crippen LogP contribution in [0.25, 0.3) is 0 Å². The van der Waals surface area contributed by atoms with Gasteiger partial charge in [-0.2, -0.15) is 0 Å². The predicted molar refractivity (Wildman–Crippen MR) is 89.3 cm³/mol. The largest absolute Gasteiger partial charge is 0.449 e. The minimum absolute atomic E-state index is 0.0570. The van der Waals surface area contributed by atoms with E-state index in [1.54, 1.807) is 6.92 Å².